The number of amides is 1. The molecule has 0 spiro atoms. The van der Waals surface area contributed by atoms with Crippen molar-refractivity contribution in [1.29, 1.82) is 0 Å². The van der Waals surface area contributed by atoms with E-state index < -0.39 is 5.97 Å². The van der Waals surface area contributed by atoms with Crippen LogP contribution in [0.15, 0.2) is 42.5 Å². The summed E-state index contributed by atoms with van der Waals surface area (Å²) in [6, 6.07) is 13.3. The minimum Gasteiger partial charge on any atom is -0.481 e. The Morgan fingerprint density at radius 2 is 1.73 bits per heavy atom. The van der Waals surface area contributed by atoms with Crippen LogP contribution in [0.1, 0.15) is 23.1 Å². The van der Waals surface area contributed by atoms with Crippen molar-refractivity contribution in [2.24, 2.45) is 0 Å². The van der Waals surface area contributed by atoms with Gasteiger partial charge in [-0.05, 0) is 35.6 Å². The molecule has 0 aromatic heterocycles. The fraction of sp³-hybridized carbons (Fsp3) is 0.300. The Kier molecular flexibility index (Phi) is 7.49. The number of benzene rings is 2. The molecule has 0 fully saturated rings. The summed E-state index contributed by atoms with van der Waals surface area (Å²) < 4.78 is 0. The van der Waals surface area contributed by atoms with Crippen molar-refractivity contribution in [2.45, 2.75) is 25.7 Å². The van der Waals surface area contributed by atoms with E-state index in [9.17, 15) is 9.59 Å². The lowest BCUT2D eigenvalue weighted by Crippen LogP contribution is -2.30. The van der Waals surface area contributed by atoms with E-state index in [1.807, 2.05) is 30.3 Å². The van der Waals surface area contributed by atoms with Gasteiger partial charge in [0.05, 0.1) is 16.5 Å². The monoisotopic (exact) mass is 393 g/mol. The second-order valence-electron chi connectivity index (χ2n) is 6.12. The molecule has 2 aromatic rings. The number of rotatable bonds is 8. The Balaban J connectivity index is 2.06. The van der Waals surface area contributed by atoms with Crippen molar-refractivity contribution in [2.75, 3.05) is 13.6 Å². The van der Waals surface area contributed by atoms with Gasteiger partial charge in [0, 0.05) is 20.0 Å². The topological polar surface area (TPSA) is 57.6 Å². The Morgan fingerprint density at radius 3 is 2.38 bits per heavy atom. The third-order valence-corrected chi connectivity index (χ3v) is 5.08. The van der Waals surface area contributed by atoms with E-state index in [1.165, 1.54) is 0 Å². The van der Waals surface area contributed by atoms with Gasteiger partial charge in [-0.2, -0.15) is 0 Å². The maximum atomic E-state index is 12.6. The van der Waals surface area contributed by atoms with Gasteiger partial charge in [-0.3, -0.25) is 9.59 Å². The molecule has 1 amide bonds. The van der Waals surface area contributed by atoms with Gasteiger partial charge in [0.15, 0.2) is 0 Å². The molecule has 0 aliphatic heterocycles. The lowest BCUT2D eigenvalue weighted by atomic mass is 9.99. The van der Waals surface area contributed by atoms with Gasteiger partial charge >= 0.3 is 5.97 Å². The maximum absolute atomic E-state index is 12.6. The Morgan fingerprint density at radius 1 is 1.04 bits per heavy atom. The average molecular weight is 394 g/mol. The van der Waals surface area contributed by atoms with E-state index in [0.29, 0.717) is 28.6 Å². The van der Waals surface area contributed by atoms with Crippen LogP contribution in [0.25, 0.3) is 0 Å². The molecular formula is C20H21Cl2NO3. The van der Waals surface area contributed by atoms with E-state index in [4.69, 9.17) is 28.3 Å². The van der Waals surface area contributed by atoms with Gasteiger partial charge in [-0.1, -0.05) is 59.6 Å². The number of aryl methyl sites for hydroxylation is 1. The van der Waals surface area contributed by atoms with Crippen LogP contribution in [0.3, 0.4) is 0 Å². The SMILES string of the molecule is CN(CCc1ccccc1)C(=O)Cc1c(CCC(=O)O)ccc(Cl)c1Cl. The van der Waals surface area contributed by atoms with Crippen LogP contribution in [0, 0.1) is 0 Å². The van der Waals surface area contributed by atoms with E-state index in [1.54, 1.807) is 24.1 Å². The minimum absolute atomic E-state index is 0.0248. The quantitative estimate of drug-likeness (QED) is 0.728. The molecule has 6 heteroatoms. The van der Waals surface area contributed by atoms with Gasteiger partial charge in [-0.25, -0.2) is 0 Å². The van der Waals surface area contributed by atoms with Crippen molar-refractivity contribution in [3.8, 4) is 0 Å². The normalized spacial score (nSPS) is 10.6. The van der Waals surface area contributed by atoms with Crippen LogP contribution in [0.5, 0.6) is 0 Å². The molecule has 0 aliphatic carbocycles. The van der Waals surface area contributed by atoms with Crippen molar-refractivity contribution in [3.05, 3.63) is 69.2 Å². The van der Waals surface area contributed by atoms with E-state index in [0.717, 1.165) is 17.5 Å². The van der Waals surface area contributed by atoms with Crippen molar-refractivity contribution in [3.63, 3.8) is 0 Å². The van der Waals surface area contributed by atoms with Gasteiger partial charge in [-0.15, -0.1) is 0 Å². The van der Waals surface area contributed by atoms with E-state index >= 15 is 0 Å². The molecule has 4 nitrogen and oxygen atoms in total. The smallest absolute Gasteiger partial charge is 0.303 e. The summed E-state index contributed by atoms with van der Waals surface area (Å²) in [4.78, 5) is 25.1. The van der Waals surface area contributed by atoms with E-state index in [-0.39, 0.29) is 18.7 Å². The summed E-state index contributed by atoms with van der Waals surface area (Å²) in [6.07, 6.45) is 1.14. The molecular weight excluding hydrogens is 373 g/mol. The third kappa shape index (κ3) is 5.75. The number of carboxylic acids is 1. The number of carboxylic acid groups (broad SMARTS) is 1. The first-order valence-electron chi connectivity index (χ1n) is 8.34. The molecule has 0 aliphatic rings. The number of nitrogens with zero attached hydrogens (tertiary/aromatic N) is 1. The maximum Gasteiger partial charge on any atom is 0.303 e. The average Bonchev–Trinajstić information content (AvgIpc) is 2.63. The van der Waals surface area contributed by atoms with Crippen LogP contribution < -0.4 is 0 Å². The number of carbonyl (C=O) groups excluding carboxylic acids is 1. The van der Waals surface area contributed by atoms with Crippen LogP contribution in [0.4, 0.5) is 0 Å². The zero-order chi connectivity index (χ0) is 19.1. The van der Waals surface area contributed by atoms with E-state index in [2.05, 4.69) is 0 Å². The largest absolute Gasteiger partial charge is 0.481 e. The fourth-order valence-corrected chi connectivity index (χ4v) is 3.08. The Bertz CT molecular complexity index is 778. The lowest BCUT2D eigenvalue weighted by Gasteiger charge is -2.19. The summed E-state index contributed by atoms with van der Waals surface area (Å²) in [5.41, 5.74) is 2.51. The van der Waals surface area contributed by atoms with Crippen LogP contribution in [0.2, 0.25) is 10.0 Å². The van der Waals surface area contributed by atoms with Crippen LogP contribution >= 0.6 is 23.2 Å². The number of hydrogen-bond donors (Lipinski definition) is 1. The number of hydrogen-bond acceptors (Lipinski definition) is 2. The Hall–Kier alpha value is -2.04. The predicted molar refractivity (Wildman–Crippen MR) is 104 cm³/mol. The van der Waals surface area contributed by atoms with Gasteiger partial charge in [0.1, 0.15) is 0 Å². The number of halogens is 2. The highest BCUT2D eigenvalue weighted by Gasteiger charge is 2.17. The second-order valence-corrected chi connectivity index (χ2v) is 6.91. The molecule has 1 N–H and O–H groups in total. The summed E-state index contributed by atoms with van der Waals surface area (Å²) in [7, 11) is 1.75. The molecule has 0 unspecified atom stereocenters. The highest BCUT2D eigenvalue weighted by atomic mass is 35.5. The summed E-state index contributed by atoms with van der Waals surface area (Å²) in [6.45, 7) is 0.589. The highest BCUT2D eigenvalue weighted by Crippen LogP contribution is 2.30. The molecule has 0 heterocycles. The number of aliphatic carboxylic acids is 1. The minimum atomic E-state index is -0.895. The number of carbonyl (C=O) groups is 2. The van der Waals surface area contributed by atoms with Gasteiger partial charge in [0.25, 0.3) is 0 Å². The third-order valence-electron chi connectivity index (χ3n) is 4.23. The predicted octanol–water partition coefficient (Wildman–Crippen LogP) is 4.25. The van der Waals surface area contributed by atoms with Crippen LogP contribution in [-0.4, -0.2) is 35.5 Å². The van der Waals surface area contributed by atoms with Gasteiger partial charge in [0.2, 0.25) is 5.91 Å². The first-order valence-corrected chi connectivity index (χ1v) is 9.09. The molecule has 0 atom stereocenters. The molecule has 0 radical (unpaired) electrons. The Labute approximate surface area is 163 Å². The van der Waals surface area contributed by atoms with Crippen LogP contribution in [-0.2, 0) is 28.9 Å². The molecule has 138 valence electrons. The molecule has 2 aromatic carbocycles. The summed E-state index contributed by atoms with van der Waals surface area (Å²) in [5.74, 6) is -0.977. The van der Waals surface area contributed by atoms with Crippen molar-refractivity contribution >= 4 is 35.1 Å². The standard InChI is InChI=1S/C20H21Cl2NO3/c1-23(12-11-14-5-3-2-4-6-14)18(24)13-16-15(8-10-19(25)26)7-9-17(21)20(16)22/h2-7,9H,8,10-13H2,1H3,(H,25,26). The molecule has 26 heavy (non-hydrogen) atoms. The summed E-state index contributed by atoms with van der Waals surface area (Å²) >= 11 is 12.4. The molecule has 0 bridgehead atoms. The lowest BCUT2D eigenvalue weighted by molar-refractivity contribution is -0.137. The van der Waals surface area contributed by atoms with Crippen molar-refractivity contribution < 1.29 is 14.7 Å². The zero-order valence-corrected chi connectivity index (χ0v) is 16.1. The molecule has 0 saturated heterocycles. The number of likely N-dealkylation sites (N-methyl/N-ethyl adjacent to an activating group) is 1. The van der Waals surface area contributed by atoms with Gasteiger partial charge < -0.3 is 10.0 Å². The molecule has 0 saturated carbocycles. The second kappa shape index (κ2) is 9.60. The zero-order valence-electron chi connectivity index (χ0n) is 14.5. The first kappa shape index (κ1) is 20.3. The first-order chi connectivity index (χ1) is 12.4. The molecule has 2 rings (SSSR count). The summed E-state index contributed by atoms with van der Waals surface area (Å²) in [5, 5.41) is 9.58. The fourth-order valence-electron chi connectivity index (χ4n) is 2.65. The van der Waals surface area contributed by atoms with Crippen molar-refractivity contribution in [1.82, 2.24) is 4.90 Å². The highest BCUT2D eigenvalue weighted by molar-refractivity contribution is 6.42.